The lowest BCUT2D eigenvalue weighted by atomic mass is 9.80. The molecular weight excluding hydrogens is 1090 g/mol. The molecule has 6 aromatic rings. The minimum absolute atomic E-state index is 0.0200. The Labute approximate surface area is 526 Å². The molecule has 0 fully saturated rings. The van der Waals surface area contributed by atoms with Gasteiger partial charge in [0.15, 0.2) is 10.7 Å². The highest BCUT2D eigenvalue weighted by molar-refractivity contribution is 7.50. The lowest BCUT2D eigenvalue weighted by molar-refractivity contribution is 0.126. The third-order valence-electron chi connectivity index (χ3n) is 16.9. The fraction of sp³-hybridized carbons (Fsp3) is 0.538. The van der Waals surface area contributed by atoms with Crippen molar-refractivity contribution in [3.05, 3.63) is 166 Å². The molecule has 0 aliphatic carbocycles. The molecule has 86 heavy (non-hydrogen) atoms. The van der Waals surface area contributed by atoms with E-state index in [1.54, 1.807) is 0 Å². The minimum Gasteiger partial charge on any atom is -0.476 e. The van der Waals surface area contributed by atoms with Crippen LogP contribution in [0.5, 0.6) is 34.5 Å². The first-order valence-electron chi connectivity index (χ1n) is 31.9. The van der Waals surface area contributed by atoms with Crippen molar-refractivity contribution in [3.8, 4) is 45.6 Å². The van der Waals surface area contributed by atoms with E-state index in [0.717, 1.165) is 56.6 Å². The molecule has 470 valence electrons. The van der Waals surface area contributed by atoms with E-state index in [-0.39, 0.29) is 43.3 Å². The number of hydrogen-bond donors (Lipinski definition) is 0. The molecule has 0 saturated carbocycles. The van der Waals surface area contributed by atoms with Crippen molar-refractivity contribution in [3.63, 3.8) is 0 Å². The Hall–Kier alpha value is -5.02. The Kier molecular flexibility index (Phi) is 21.0. The number of ether oxygens (including phenoxy) is 2. The summed E-state index contributed by atoms with van der Waals surface area (Å²) in [5.41, 5.74) is 10.9. The third-order valence-corrected chi connectivity index (χ3v) is 21.1. The van der Waals surface area contributed by atoms with Crippen LogP contribution in [0.1, 0.15) is 264 Å². The SMILES string of the molecule is CCC(CC)(Oc1ccc(-c2ccc(OP(Oc3ccc(C(C)(C)C)cc3C(C)(C)C)C(CC)(CC)Oc3ccc(C(C)(C)C)cc3C(C)(C)C)cc2)cc1)P(Oc1ccc(C(C)(C)C)cc1C(C)(C)C)Oc1ccc(C(C)(C)C)cc1C(C)(C)C. The normalized spacial score (nSPS) is 13.8. The molecule has 8 heteroatoms. The Morgan fingerprint density at radius 3 is 0.767 bits per heavy atom. The summed E-state index contributed by atoms with van der Waals surface area (Å²) >= 11 is 0. The second kappa shape index (κ2) is 25.8. The van der Waals surface area contributed by atoms with Gasteiger partial charge in [0, 0.05) is 16.7 Å². The van der Waals surface area contributed by atoms with Crippen LogP contribution in [0.3, 0.4) is 0 Å². The summed E-state index contributed by atoms with van der Waals surface area (Å²) in [6.45, 7) is 63.1. The second-order valence-electron chi connectivity index (χ2n) is 32.3. The summed E-state index contributed by atoms with van der Waals surface area (Å²) < 4.78 is 44.3. The summed E-state index contributed by atoms with van der Waals surface area (Å²) in [4.78, 5) is 0. The van der Waals surface area contributed by atoms with Gasteiger partial charge < -0.3 is 27.6 Å². The van der Waals surface area contributed by atoms with Crippen LogP contribution < -0.4 is 27.6 Å². The van der Waals surface area contributed by atoms with Crippen LogP contribution in [0.15, 0.2) is 121 Å². The van der Waals surface area contributed by atoms with Gasteiger partial charge in [0.1, 0.15) is 34.5 Å². The van der Waals surface area contributed by atoms with Crippen LogP contribution in [-0.4, -0.2) is 10.7 Å². The molecule has 0 heterocycles. The largest absolute Gasteiger partial charge is 0.476 e. The van der Waals surface area contributed by atoms with E-state index in [1.807, 2.05) is 0 Å². The monoisotopic (exact) mass is 1210 g/mol. The van der Waals surface area contributed by atoms with Crippen LogP contribution in [0, 0.1) is 0 Å². The first-order valence-corrected chi connectivity index (χ1v) is 34.3. The van der Waals surface area contributed by atoms with E-state index >= 15 is 0 Å². The highest BCUT2D eigenvalue weighted by Crippen LogP contribution is 2.60. The topological polar surface area (TPSA) is 55.4 Å². The number of rotatable bonds is 19. The molecule has 0 N–H and O–H groups in total. The van der Waals surface area contributed by atoms with E-state index in [1.165, 1.54) is 27.8 Å². The number of hydrogen-bond acceptors (Lipinski definition) is 6. The number of benzene rings is 6. The molecule has 0 spiro atoms. The summed E-state index contributed by atoms with van der Waals surface area (Å²) in [6.07, 6.45) is 2.65. The van der Waals surface area contributed by atoms with Crippen LogP contribution in [0.25, 0.3) is 11.1 Å². The molecule has 0 aliphatic rings. The standard InChI is InChI=1S/C78H112O6P2/c1-29-77(30-2,86(83-67-47-39-57(71(11,12)13)51-63(67)75(23,24)25)84-68-48-40-58(72(14,15)16)52-64(68)76(26,27)28)79-59-41-33-53(34-42-59)54-35-43-60(44-36-54)81-85(82-66-46-38-56(70(8,9)10)50-62(66)74(20,21)22)78(31-3,32-4)80-65-45-37-55(69(5,6)7)49-61(65)73(17,18)19/h33-52H,29-32H2,1-28H3. The van der Waals surface area contributed by atoms with Gasteiger partial charge in [-0.3, -0.25) is 0 Å². The van der Waals surface area contributed by atoms with E-state index in [9.17, 15) is 0 Å². The van der Waals surface area contributed by atoms with Gasteiger partial charge in [-0.2, -0.15) is 0 Å². The molecule has 1 atom stereocenters. The summed E-state index contributed by atoms with van der Waals surface area (Å²) in [5.74, 6) is 4.80. The summed E-state index contributed by atoms with van der Waals surface area (Å²) in [5, 5.41) is -1.64. The van der Waals surface area contributed by atoms with Gasteiger partial charge in [-0.1, -0.05) is 267 Å². The van der Waals surface area contributed by atoms with Crippen LogP contribution in [0.4, 0.5) is 0 Å². The second-order valence-corrected chi connectivity index (χ2v) is 35.7. The van der Waals surface area contributed by atoms with Crippen molar-refractivity contribution in [1.29, 1.82) is 0 Å². The van der Waals surface area contributed by atoms with Crippen molar-refractivity contribution in [2.24, 2.45) is 0 Å². The Balaban J connectivity index is 1.40. The van der Waals surface area contributed by atoms with Crippen molar-refractivity contribution in [2.45, 2.75) is 274 Å². The first-order chi connectivity index (χ1) is 39.4. The van der Waals surface area contributed by atoms with E-state index in [4.69, 9.17) is 27.6 Å². The molecule has 0 aromatic heterocycles. The van der Waals surface area contributed by atoms with E-state index in [2.05, 4.69) is 315 Å². The van der Waals surface area contributed by atoms with Crippen LogP contribution >= 0.6 is 16.8 Å². The highest BCUT2D eigenvalue weighted by Gasteiger charge is 2.48. The zero-order valence-electron chi connectivity index (χ0n) is 58.7. The third kappa shape index (κ3) is 16.8. The summed E-state index contributed by atoms with van der Waals surface area (Å²) in [7, 11) is -3.55. The fourth-order valence-corrected chi connectivity index (χ4v) is 14.1. The fourth-order valence-electron chi connectivity index (χ4n) is 10.6. The van der Waals surface area contributed by atoms with Gasteiger partial charge in [-0.15, -0.1) is 0 Å². The zero-order chi connectivity index (χ0) is 64.6. The van der Waals surface area contributed by atoms with Gasteiger partial charge in [0.2, 0.25) is 0 Å². The molecule has 6 aromatic carbocycles. The van der Waals surface area contributed by atoms with Gasteiger partial charge in [0.05, 0.1) is 0 Å². The quantitative estimate of drug-likeness (QED) is 0.0754. The predicted octanol–water partition coefficient (Wildman–Crippen LogP) is 24.5. The highest BCUT2D eigenvalue weighted by atomic mass is 31.2. The maximum absolute atomic E-state index is 7.48. The molecule has 0 amide bonds. The molecule has 0 aliphatic heterocycles. The molecule has 6 nitrogen and oxygen atoms in total. The van der Waals surface area contributed by atoms with Crippen molar-refractivity contribution < 1.29 is 27.6 Å². The van der Waals surface area contributed by atoms with E-state index < -0.39 is 27.4 Å². The minimum atomic E-state index is -1.77. The summed E-state index contributed by atoms with van der Waals surface area (Å²) in [6, 6.07) is 43.7. The van der Waals surface area contributed by atoms with Crippen LogP contribution in [0.2, 0.25) is 0 Å². The van der Waals surface area contributed by atoms with Gasteiger partial charge in [-0.05, 0) is 156 Å². The average molecular weight is 1210 g/mol. The lowest BCUT2D eigenvalue weighted by Gasteiger charge is -2.40. The van der Waals surface area contributed by atoms with Crippen molar-refractivity contribution in [1.82, 2.24) is 0 Å². The molecule has 0 radical (unpaired) electrons. The smallest absolute Gasteiger partial charge is 0.338 e. The van der Waals surface area contributed by atoms with Crippen LogP contribution in [-0.2, 0) is 43.3 Å². The van der Waals surface area contributed by atoms with Crippen molar-refractivity contribution >= 4 is 16.8 Å². The van der Waals surface area contributed by atoms with Gasteiger partial charge in [-0.25, -0.2) is 0 Å². The average Bonchev–Trinajstić information content (AvgIpc) is 1.10. The molecular formula is C78H112O6P2. The molecule has 6 rings (SSSR count). The maximum Gasteiger partial charge on any atom is 0.338 e. The first kappa shape index (κ1) is 70.1. The molecule has 1 unspecified atom stereocenters. The predicted molar refractivity (Wildman–Crippen MR) is 371 cm³/mol. The van der Waals surface area contributed by atoms with Gasteiger partial charge >= 0.3 is 16.8 Å². The zero-order valence-corrected chi connectivity index (χ0v) is 60.5. The van der Waals surface area contributed by atoms with Gasteiger partial charge in [0.25, 0.3) is 0 Å². The Morgan fingerprint density at radius 2 is 0.500 bits per heavy atom. The van der Waals surface area contributed by atoms with E-state index in [0.29, 0.717) is 31.4 Å². The Morgan fingerprint density at radius 1 is 0.256 bits per heavy atom. The van der Waals surface area contributed by atoms with Crippen molar-refractivity contribution in [2.75, 3.05) is 0 Å². The molecule has 0 bridgehead atoms. The maximum atomic E-state index is 7.48. The Bertz CT molecular complexity index is 3140. The molecule has 0 saturated heterocycles. The lowest BCUT2D eigenvalue weighted by Crippen LogP contribution is -2.37.